The second-order valence-corrected chi connectivity index (χ2v) is 6.07. The van der Waals surface area contributed by atoms with E-state index < -0.39 is 17.8 Å². The van der Waals surface area contributed by atoms with E-state index in [1.165, 1.54) is 12.1 Å². The number of ether oxygens (including phenoxy) is 1. The number of hydrogen-bond donors (Lipinski definition) is 2. The number of nitrogens with one attached hydrogen (secondary N) is 1. The number of aliphatic hydroxyl groups excluding tert-OH is 1. The van der Waals surface area contributed by atoms with Crippen molar-refractivity contribution in [1.82, 2.24) is 5.32 Å². The van der Waals surface area contributed by atoms with Crippen molar-refractivity contribution in [2.24, 2.45) is 5.92 Å². The van der Waals surface area contributed by atoms with Gasteiger partial charge in [0, 0.05) is 12.5 Å². The van der Waals surface area contributed by atoms with Crippen LogP contribution in [-0.2, 0) is 11.0 Å². The first-order valence-corrected chi connectivity index (χ1v) is 8.12. The predicted octanol–water partition coefficient (Wildman–Crippen LogP) is 3.14. The molecule has 24 heavy (non-hydrogen) atoms. The Bertz CT molecular complexity index is 525. The number of halogens is 3. The first kappa shape index (κ1) is 18.6. The Balaban J connectivity index is 1.70. The van der Waals surface area contributed by atoms with Gasteiger partial charge in [0.05, 0.1) is 5.56 Å². The molecule has 1 amide bonds. The molecule has 1 aromatic carbocycles. The van der Waals surface area contributed by atoms with Gasteiger partial charge in [-0.2, -0.15) is 13.2 Å². The van der Waals surface area contributed by atoms with Gasteiger partial charge in [-0.15, -0.1) is 0 Å². The minimum atomic E-state index is -4.39. The van der Waals surface area contributed by atoms with Crippen LogP contribution in [0.4, 0.5) is 13.2 Å². The molecule has 1 aliphatic rings. The van der Waals surface area contributed by atoms with Gasteiger partial charge >= 0.3 is 6.18 Å². The molecule has 0 aromatic heterocycles. The fraction of sp³-hybridized carbons (Fsp3) is 0.588. The van der Waals surface area contributed by atoms with Crippen LogP contribution in [-0.4, -0.2) is 30.3 Å². The Kier molecular flexibility index (Phi) is 6.48. The first-order valence-electron chi connectivity index (χ1n) is 8.12. The molecule has 0 spiro atoms. The lowest BCUT2D eigenvalue weighted by atomic mass is 9.89. The molecule has 2 N–H and O–H groups in total. The summed E-state index contributed by atoms with van der Waals surface area (Å²) in [4.78, 5) is 11.9. The summed E-state index contributed by atoms with van der Waals surface area (Å²) in [6.07, 6.45) is -0.280. The van der Waals surface area contributed by atoms with Crippen molar-refractivity contribution in [1.29, 1.82) is 0 Å². The number of alkyl halides is 3. The van der Waals surface area contributed by atoms with Crippen LogP contribution >= 0.6 is 0 Å². The third kappa shape index (κ3) is 5.70. The Morgan fingerprint density at radius 2 is 1.83 bits per heavy atom. The highest BCUT2D eigenvalue weighted by Gasteiger charge is 2.30. The van der Waals surface area contributed by atoms with Crippen LogP contribution < -0.4 is 10.1 Å². The fourth-order valence-electron chi connectivity index (χ4n) is 2.72. The highest BCUT2D eigenvalue weighted by Crippen LogP contribution is 2.30. The smallest absolute Gasteiger partial charge is 0.416 e. The standard InChI is InChI=1S/C17H22F3NO3/c18-17(19,20)13-6-8-15(9-7-13)24-11-14(22)10-21-16(23)12-4-2-1-3-5-12/h6-9,12,14,22H,1-5,10-11H2,(H,21,23)/t14-/m1/s1. The molecule has 1 fully saturated rings. The zero-order valence-electron chi connectivity index (χ0n) is 13.3. The summed E-state index contributed by atoms with van der Waals surface area (Å²) in [5.41, 5.74) is -0.754. The van der Waals surface area contributed by atoms with Gasteiger partial charge in [-0.25, -0.2) is 0 Å². The van der Waals surface area contributed by atoms with Crippen molar-refractivity contribution >= 4 is 5.91 Å². The van der Waals surface area contributed by atoms with Crippen molar-refractivity contribution in [3.63, 3.8) is 0 Å². The van der Waals surface area contributed by atoms with E-state index in [0.717, 1.165) is 44.2 Å². The van der Waals surface area contributed by atoms with Gasteiger partial charge in [0.2, 0.25) is 5.91 Å². The van der Waals surface area contributed by atoms with E-state index in [0.29, 0.717) is 0 Å². The Morgan fingerprint density at radius 1 is 1.21 bits per heavy atom. The number of benzene rings is 1. The minimum absolute atomic E-state index is 0.0155. The Labute approximate surface area is 139 Å². The molecule has 1 aromatic rings. The average molecular weight is 345 g/mol. The van der Waals surface area contributed by atoms with Crippen LogP contribution in [0, 0.1) is 5.92 Å². The van der Waals surface area contributed by atoms with Crippen LogP contribution in [0.1, 0.15) is 37.7 Å². The van der Waals surface area contributed by atoms with Crippen LogP contribution in [0.2, 0.25) is 0 Å². The van der Waals surface area contributed by atoms with E-state index in [1.807, 2.05) is 0 Å². The fourth-order valence-corrected chi connectivity index (χ4v) is 2.72. The average Bonchev–Trinajstić information content (AvgIpc) is 2.58. The number of carbonyl (C=O) groups is 1. The topological polar surface area (TPSA) is 58.6 Å². The molecule has 1 aliphatic carbocycles. The van der Waals surface area contributed by atoms with Gasteiger partial charge in [0.1, 0.15) is 18.5 Å². The lowest BCUT2D eigenvalue weighted by Crippen LogP contribution is -2.39. The summed E-state index contributed by atoms with van der Waals surface area (Å²) in [5.74, 6) is 0.200. The Hall–Kier alpha value is -1.76. The van der Waals surface area contributed by atoms with Gasteiger partial charge in [-0.05, 0) is 37.1 Å². The van der Waals surface area contributed by atoms with Crippen LogP contribution in [0.15, 0.2) is 24.3 Å². The largest absolute Gasteiger partial charge is 0.491 e. The van der Waals surface area contributed by atoms with Crippen molar-refractivity contribution < 1.29 is 27.8 Å². The second-order valence-electron chi connectivity index (χ2n) is 6.07. The summed E-state index contributed by atoms with van der Waals surface area (Å²) < 4.78 is 42.6. The predicted molar refractivity (Wildman–Crippen MR) is 82.5 cm³/mol. The van der Waals surface area contributed by atoms with Gasteiger partial charge in [0.15, 0.2) is 0 Å². The third-order valence-electron chi connectivity index (χ3n) is 4.11. The normalized spacial score (nSPS) is 17.3. The molecular formula is C17H22F3NO3. The molecule has 0 saturated heterocycles. The van der Waals surface area contributed by atoms with E-state index in [9.17, 15) is 23.1 Å². The molecule has 4 nitrogen and oxygen atoms in total. The van der Waals surface area contributed by atoms with Crippen molar-refractivity contribution in [3.8, 4) is 5.75 Å². The van der Waals surface area contributed by atoms with Gasteiger partial charge in [-0.3, -0.25) is 4.79 Å². The molecular weight excluding hydrogens is 323 g/mol. The monoisotopic (exact) mass is 345 g/mol. The molecule has 0 unspecified atom stereocenters. The highest BCUT2D eigenvalue weighted by molar-refractivity contribution is 5.78. The summed E-state index contributed by atoms with van der Waals surface area (Å²) >= 11 is 0. The summed E-state index contributed by atoms with van der Waals surface area (Å²) in [7, 11) is 0. The maximum absolute atomic E-state index is 12.4. The van der Waals surface area contributed by atoms with E-state index in [4.69, 9.17) is 4.74 Å². The number of hydrogen-bond acceptors (Lipinski definition) is 3. The van der Waals surface area contributed by atoms with E-state index in [-0.39, 0.29) is 30.7 Å². The maximum atomic E-state index is 12.4. The lowest BCUT2D eigenvalue weighted by Gasteiger charge is -2.21. The minimum Gasteiger partial charge on any atom is -0.491 e. The van der Waals surface area contributed by atoms with Crippen molar-refractivity contribution in [3.05, 3.63) is 29.8 Å². The van der Waals surface area contributed by atoms with E-state index in [1.54, 1.807) is 0 Å². The lowest BCUT2D eigenvalue weighted by molar-refractivity contribution is -0.137. The second kappa shape index (κ2) is 8.37. The van der Waals surface area contributed by atoms with Crippen LogP contribution in [0.3, 0.4) is 0 Å². The summed E-state index contributed by atoms with van der Waals surface area (Å²) in [5, 5.41) is 12.5. The molecule has 134 valence electrons. The molecule has 0 bridgehead atoms. The summed E-state index contributed by atoms with van der Waals surface area (Å²) in [6, 6.07) is 4.26. The number of carbonyl (C=O) groups excluding carboxylic acids is 1. The molecule has 1 saturated carbocycles. The molecule has 0 heterocycles. The number of aliphatic hydroxyl groups is 1. The van der Waals surface area contributed by atoms with Gasteiger partial charge < -0.3 is 15.2 Å². The van der Waals surface area contributed by atoms with E-state index >= 15 is 0 Å². The molecule has 7 heteroatoms. The zero-order chi connectivity index (χ0) is 17.6. The molecule has 1 atom stereocenters. The van der Waals surface area contributed by atoms with E-state index in [2.05, 4.69) is 5.32 Å². The zero-order valence-corrected chi connectivity index (χ0v) is 13.3. The van der Waals surface area contributed by atoms with Crippen molar-refractivity contribution in [2.75, 3.05) is 13.2 Å². The molecule has 2 rings (SSSR count). The van der Waals surface area contributed by atoms with Crippen molar-refractivity contribution in [2.45, 2.75) is 44.4 Å². The Morgan fingerprint density at radius 3 is 2.42 bits per heavy atom. The number of amides is 1. The van der Waals surface area contributed by atoms with Crippen LogP contribution in [0.5, 0.6) is 5.75 Å². The first-order chi connectivity index (χ1) is 11.4. The van der Waals surface area contributed by atoms with Gasteiger partial charge in [-0.1, -0.05) is 19.3 Å². The molecule has 0 radical (unpaired) electrons. The van der Waals surface area contributed by atoms with Crippen LogP contribution in [0.25, 0.3) is 0 Å². The molecule has 0 aliphatic heterocycles. The number of rotatable bonds is 6. The maximum Gasteiger partial charge on any atom is 0.416 e. The van der Waals surface area contributed by atoms with Gasteiger partial charge in [0.25, 0.3) is 0 Å². The summed E-state index contributed by atoms with van der Waals surface area (Å²) in [6.45, 7) is -0.0354. The SMILES string of the molecule is O=C(NC[C@@H](O)COc1ccc(C(F)(F)F)cc1)C1CCCCC1. The quantitative estimate of drug-likeness (QED) is 0.833. The highest BCUT2D eigenvalue weighted by atomic mass is 19.4. The third-order valence-corrected chi connectivity index (χ3v) is 4.11.